The zero-order valence-corrected chi connectivity index (χ0v) is 19.7. The van der Waals surface area contributed by atoms with Crippen LogP contribution < -0.4 is 0 Å². The number of hydrogen-bond acceptors (Lipinski definition) is 5. The molecule has 5 nitrogen and oxygen atoms in total. The first kappa shape index (κ1) is 24.4. The fraction of sp³-hybridized carbons (Fsp3) is 0.542. The molecule has 0 aromatic heterocycles. The average Bonchev–Trinajstić information content (AvgIpc) is 2.63. The molecular formula is C24H34O5S. The summed E-state index contributed by atoms with van der Waals surface area (Å²) in [4.78, 5) is 11.3. The van der Waals surface area contributed by atoms with Gasteiger partial charge in [-0.25, -0.2) is 8.42 Å². The van der Waals surface area contributed by atoms with E-state index < -0.39 is 27.2 Å². The number of aryl methyl sites for hydroxylation is 1. The highest BCUT2D eigenvalue weighted by molar-refractivity contribution is 7.92. The summed E-state index contributed by atoms with van der Waals surface area (Å²) in [7, 11) is -3.86. The van der Waals surface area contributed by atoms with Gasteiger partial charge in [0.25, 0.3) is 0 Å². The lowest BCUT2D eigenvalue weighted by Gasteiger charge is -2.40. The van der Waals surface area contributed by atoms with Gasteiger partial charge in [0.15, 0.2) is 9.84 Å². The van der Waals surface area contributed by atoms with Gasteiger partial charge >= 0.3 is 5.97 Å². The molecule has 1 aromatic carbocycles. The minimum absolute atomic E-state index is 0.00303. The summed E-state index contributed by atoms with van der Waals surface area (Å²) >= 11 is 0. The molecule has 1 aliphatic carbocycles. The molecule has 6 heteroatoms. The van der Waals surface area contributed by atoms with Gasteiger partial charge in [-0.2, -0.15) is 0 Å². The van der Waals surface area contributed by atoms with Crippen LogP contribution >= 0.6 is 0 Å². The van der Waals surface area contributed by atoms with Crippen LogP contribution in [0.5, 0.6) is 0 Å². The third-order valence-electron chi connectivity index (χ3n) is 5.96. The molecule has 0 saturated heterocycles. The summed E-state index contributed by atoms with van der Waals surface area (Å²) in [6.07, 6.45) is 3.02. The number of aliphatic hydroxyl groups excluding tert-OH is 1. The minimum Gasteiger partial charge on any atom is -0.462 e. The van der Waals surface area contributed by atoms with Crippen molar-refractivity contribution in [2.24, 2.45) is 5.41 Å². The minimum atomic E-state index is -3.86. The van der Waals surface area contributed by atoms with E-state index in [0.29, 0.717) is 5.57 Å². The summed E-state index contributed by atoms with van der Waals surface area (Å²) in [6.45, 7) is 11.0. The SMILES string of the molecule is CC(=O)OC/C=C(\C)C(O)C(C1=C(C)CCCC1(C)C)S(=O)(=O)c1ccc(C)cc1. The lowest BCUT2D eigenvalue weighted by molar-refractivity contribution is -0.139. The first-order valence-electron chi connectivity index (χ1n) is 10.4. The molecule has 1 aromatic rings. The Kier molecular flexibility index (Phi) is 7.69. The van der Waals surface area contributed by atoms with Crippen molar-refractivity contribution >= 4 is 15.8 Å². The van der Waals surface area contributed by atoms with Crippen molar-refractivity contribution in [2.75, 3.05) is 6.61 Å². The molecule has 1 N–H and O–H groups in total. The van der Waals surface area contributed by atoms with E-state index in [-0.39, 0.29) is 16.9 Å². The Balaban J connectivity index is 2.61. The predicted molar refractivity (Wildman–Crippen MR) is 119 cm³/mol. The summed E-state index contributed by atoms with van der Waals surface area (Å²) in [5.74, 6) is -0.427. The maximum atomic E-state index is 13.8. The van der Waals surface area contributed by atoms with Crippen LogP contribution in [-0.2, 0) is 19.4 Å². The van der Waals surface area contributed by atoms with Gasteiger partial charge in [0.2, 0.25) is 0 Å². The highest BCUT2D eigenvalue weighted by atomic mass is 32.2. The predicted octanol–water partition coefficient (Wildman–Crippen LogP) is 4.53. The van der Waals surface area contributed by atoms with Crippen LogP contribution in [0.25, 0.3) is 0 Å². The van der Waals surface area contributed by atoms with Crippen LogP contribution in [0.4, 0.5) is 0 Å². The molecule has 0 spiro atoms. The molecule has 0 saturated carbocycles. The number of ether oxygens (including phenoxy) is 1. The molecule has 0 aliphatic heterocycles. The van der Waals surface area contributed by atoms with E-state index in [4.69, 9.17) is 4.74 Å². The smallest absolute Gasteiger partial charge is 0.302 e. The zero-order valence-electron chi connectivity index (χ0n) is 18.9. The standard InChI is InChI=1S/C24H34O5S/c1-16-9-11-20(12-10-16)30(27,28)23(21-17(2)8-7-14-24(21,5)6)22(26)18(3)13-15-29-19(4)25/h9-13,22-23,26H,7-8,14-15H2,1-6H3/b18-13+. The quantitative estimate of drug-likeness (QED) is 0.504. The van der Waals surface area contributed by atoms with Crippen LogP contribution in [0.1, 0.15) is 59.4 Å². The number of rotatable bonds is 7. The van der Waals surface area contributed by atoms with Crippen LogP contribution in [0.3, 0.4) is 0 Å². The summed E-state index contributed by atoms with van der Waals surface area (Å²) < 4.78 is 32.5. The summed E-state index contributed by atoms with van der Waals surface area (Å²) in [5, 5.41) is 10.2. The van der Waals surface area contributed by atoms with E-state index in [1.165, 1.54) is 6.92 Å². The second kappa shape index (κ2) is 9.48. The van der Waals surface area contributed by atoms with Crippen molar-refractivity contribution in [3.05, 3.63) is 52.6 Å². The van der Waals surface area contributed by atoms with E-state index in [9.17, 15) is 18.3 Å². The zero-order chi connectivity index (χ0) is 22.7. The molecule has 166 valence electrons. The van der Waals surface area contributed by atoms with Crippen LogP contribution in [0, 0.1) is 12.3 Å². The Bertz CT molecular complexity index is 936. The van der Waals surface area contributed by atoms with Gasteiger partial charge in [0, 0.05) is 6.92 Å². The number of esters is 1. The van der Waals surface area contributed by atoms with Gasteiger partial charge in [0.05, 0.1) is 11.0 Å². The van der Waals surface area contributed by atoms with Crippen molar-refractivity contribution in [2.45, 2.75) is 77.1 Å². The Morgan fingerprint density at radius 2 is 1.80 bits per heavy atom. The molecule has 0 amide bonds. The highest BCUT2D eigenvalue weighted by Crippen LogP contribution is 2.46. The summed E-state index contributed by atoms with van der Waals surface area (Å²) in [6, 6.07) is 6.75. The van der Waals surface area contributed by atoms with Crippen molar-refractivity contribution in [3.8, 4) is 0 Å². The normalized spacial score (nSPS) is 19.4. The van der Waals surface area contributed by atoms with Gasteiger partial charge in [0.1, 0.15) is 11.9 Å². The molecule has 2 atom stereocenters. The van der Waals surface area contributed by atoms with Crippen LogP contribution in [0.2, 0.25) is 0 Å². The second-order valence-corrected chi connectivity index (χ2v) is 11.0. The van der Waals surface area contributed by atoms with Crippen LogP contribution in [-0.4, -0.2) is 37.5 Å². The van der Waals surface area contributed by atoms with E-state index in [0.717, 1.165) is 36.0 Å². The Morgan fingerprint density at radius 1 is 1.20 bits per heavy atom. The number of carbonyl (C=O) groups excluding carboxylic acids is 1. The van der Waals surface area contributed by atoms with Gasteiger partial charge in [-0.05, 0) is 74.8 Å². The molecule has 0 fully saturated rings. The molecule has 0 bridgehead atoms. The molecule has 1 aliphatic rings. The van der Waals surface area contributed by atoms with Crippen LogP contribution in [0.15, 0.2) is 52.0 Å². The van der Waals surface area contributed by atoms with Gasteiger partial charge in [-0.3, -0.25) is 4.79 Å². The number of benzene rings is 1. The van der Waals surface area contributed by atoms with Crippen molar-refractivity contribution in [1.29, 1.82) is 0 Å². The number of sulfone groups is 1. The van der Waals surface area contributed by atoms with Gasteiger partial charge in [-0.15, -0.1) is 0 Å². The van der Waals surface area contributed by atoms with Crippen molar-refractivity contribution < 1.29 is 23.1 Å². The monoisotopic (exact) mass is 434 g/mol. The molecule has 0 heterocycles. The van der Waals surface area contributed by atoms with E-state index >= 15 is 0 Å². The molecule has 2 rings (SSSR count). The average molecular weight is 435 g/mol. The first-order chi connectivity index (χ1) is 13.9. The van der Waals surface area contributed by atoms with Crippen molar-refractivity contribution in [1.82, 2.24) is 0 Å². The Hall–Kier alpha value is -1.92. The topological polar surface area (TPSA) is 80.7 Å². The van der Waals surface area contributed by atoms with E-state index in [1.807, 2.05) is 27.7 Å². The van der Waals surface area contributed by atoms with E-state index in [1.54, 1.807) is 37.3 Å². The molecule has 30 heavy (non-hydrogen) atoms. The Morgan fingerprint density at radius 3 is 2.33 bits per heavy atom. The third kappa shape index (κ3) is 5.41. The first-order valence-corrected chi connectivity index (χ1v) is 11.9. The third-order valence-corrected chi connectivity index (χ3v) is 8.05. The Labute approximate surface area is 180 Å². The van der Waals surface area contributed by atoms with Gasteiger partial charge in [-0.1, -0.05) is 37.1 Å². The molecule has 0 radical (unpaired) electrons. The largest absolute Gasteiger partial charge is 0.462 e. The number of hydrogen-bond donors (Lipinski definition) is 1. The van der Waals surface area contributed by atoms with Crippen molar-refractivity contribution in [3.63, 3.8) is 0 Å². The van der Waals surface area contributed by atoms with Gasteiger partial charge < -0.3 is 9.84 Å². The number of allylic oxidation sites excluding steroid dienone is 1. The second-order valence-electron chi connectivity index (χ2n) is 8.91. The maximum absolute atomic E-state index is 13.8. The summed E-state index contributed by atoms with van der Waals surface area (Å²) in [5.41, 5.74) is 2.92. The molecule has 2 unspecified atom stereocenters. The molecular weight excluding hydrogens is 400 g/mol. The van der Waals surface area contributed by atoms with E-state index in [2.05, 4.69) is 0 Å². The lowest BCUT2D eigenvalue weighted by atomic mass is 9.70. The fourth-order valence-corrected chi connectivity index (χ4v) is 6.47. The number of aliphatic hydroxyl groups is 1. The number of carbonyl (C=O) groups is 1. The fourth-order valence-electron chi connectivity index (χ4n) is 4.28. The lowest BCUT2D eigenvalue weighted by Crippen LogP contribution is -2.43. The maximum Gasteiger partial charge on any atom is 0.302 e. The highest BCUT2D eigenvalue weighted by Gasteiger charge is 2.44.